The predicted molar refractivity (Wildman–Crippen MR) is 109 cm³/mol. The molecule has 6 heteroatoms. The number of rotatable bonds is 7. The summed E-state index contributed by atoms with van der Waals surface area (Å²) in [5, 5.41) is 2.87. The van der Waals surface area contributed by atoms with E-state index in [0.29, 0.717) is 18.9 Å². The van der Waals surface area contributed by atoms with Crippen LogP contribution in [0.3, 0.4) is 0 Å². The van der Waals surface area contributed by atoms with Crippen molar-refractivity contribution in [1.29, 1.82) is 0 Å². The lowest BCUT2D eigenvalue weighted by molar-refractivity contribution is 0.0937. The molecular weight excluding hydrogens is 338 g/mol. The average molecular weight is 365 g/mol. The Morgan fingerprint density at radius 1 is 1.19 bits per heavy atom. The van der Waals surface area contributed by atoms with Gasteiger partial charge in [-0.25, -0.2) is 4.98 Å². The van der Waals surface area contributed by atoms with Gasteiger partial charge in [-0.2, -0.15) is 0 Å². The second-order valence-electron chi connectivity index (χ2n) is 6.96. The van der Waals surface area contributed by atoms with Crippen LogP contribution in [-0.2, 0) is 7.05 Å². The highest BCUT2D eigenvalue weighted by Crippen LogP contribution is 2.25. The van der Waals surface area contributed by atoms with Gasteiger partial charge in [0.15, 0.2) is 5.82 Å². The Morgan fingerprint density at radius 2 is 1.89 bits per heavy atom. The average Bonchev–Trinajstić information content (AvgIpc) is 3.01. The molecule has 2 aromatic carbocycles. The Hall–Kier alpha value is -2.70. The molecule has 0 fully saturated rings. The fourth-order valence-electron chi connectivity index (χ4n) is 3.11. The van der Waals surface area contributed by atoms with E-state index in [4.69, 9.17) is 11.5 Å². The fraction of sp³-hybridized carbons (Fsp3) is 0.333. The van der Waals surface area contributed by atoms with Gasteiger partial charge in [-0.1, -0.05) is 35.9 Å². The maximum Gasteiger partial charge on any atom is 0.287 e. The number of benzene rings is 2. The quantitative estimate of drug-likeness (QED) is 0.598. The lowest BCUT2D eigenvalue weighted by Gasteiger charge is -2.11. The molecule has 0 aliphatic carbocycles. The number of aromatic nitrogens is 2. The number of carbonyl (C=O) groups is 1. The molecule has 142 valence electrons. The summed E-state index contributed by atoms with van der Waals surface area (Å²) in [6.07, 6.45) is 1.64. The lowest BCUT2D eigenvalue weighted by Crippen LogP contribution is -2.38. The van der Waals surface area contributed by atoms with Crippen molar-refractivity contribution in [2.24, 2.45) is 18.5 Å². The summed E-state index contributed by atoms with van der Waals surface area (Å²) >= 11 is 0. The monoisotopic (exact) mass is 365 g/mol. The summed E-state index contributed by atoms with van der Waals surface area (Å²) < 4.78 is 1.81. The molecule has 1 aromatic heterocycles. The molecule has 1 heterocycles. The summed E-state index contributed by atoms with van der Waals surface area (Å²) in [5.74, 6) is 0.172. The fourth-order valence-corrected chi connectivity index (χ4v) is 3.11. The highest BCUT2D eigenvalue weighted by molar-refractivity contribution is 5.95. The number of hydrogen-bond acceptors (Lipinski definition) is 4. The third-order valence-electron chi connectivity index (χ3n) is 4.77. The number of imidazole rings is 1. The first kappa shape index (κ1) is 19.1. The number of nitrogens with zero attached hydrogens (tertiary/aromatic N) is 2. The SMILES string of the molecule is Cc1ccc(-c2ccc3c(c2)nc(C(=O)NC[C@H](N)CCCN)n3C)cc1. The number of carbonyl (C=O) groups excluding carboxylic acids is 1. The van der Waals surface area contributed by atoms with E-state index in [1.807, 2.05) is 23.7 Å². The molecular formula is C21H27N5O. The number of aryl methyl sites for hydroxylation is 2. The zero-order valence-electron chi connectivity index (χ0n) is 15.9. The van der Waals surface area contributed by atoms with E-state index in [0.717, 1.165) is 35.0 Å². The predicted octanol–water partition coefficient (Wildman–Crippen LogP) is 2.34. The van der Waals surface area contributed by atoms with Crippen LogP contribution in [0.1, 0.15) is 29.0 Å². The molecule has 0 bridgehead atoms. The van der Waals surface area contributed by atoms with Crippen molar-refractivity contribution in [1.82, 2.24) is 14.9 Å². The number of nitrogens with two attached hydrogens (primary N) is 2. The highest BCUT2D eigenvalue weighted by Gasteiger charge is 2.16. The highest BCUT2D eigenvalue weighted by atomic mass is 16.2. The van der Waals surface area contributed by atoms with Crippen LogP contribution in [0.15, 0.2) is 42.5 Å². The van der Waals surface area contributed by atoms with Gasteiger partial charge in [0.05, 0.1) is 11.0 Å². The van der Waals surface area contributed by atoms with Crippen molar-refractivity contribution < 1.29 is 4.79 Å². The van der Waals surface area contributed by atoms with Gasteiger partial charge < -0.3 is 21.4 Å². The maximum atomic E-state index is 12.5. The Morgan fingerprint density at radius 3 is 2.59 bits per heavy atom. The minimum atomic E-state index is -0.214. The number of nitrogens with one attached hydrogen (secondary N) is 1. The van der Waals surface area contributed by atoms with Gasteiger partial charge in [0, 0.05) is 19.6 Å². The summed E-state index contributed by atoms with van der Waals surface area (Å²) in [4.78, 5) is 17.1. The van der Waals surface area contributed by atoms with Crippen LogP contribution >= 0.6 is 0 Å². The minimum Gasteiger partial charge on any atom is -0.348 e. The molecule has 1 atom stereocenters. The normalized spacial score (nSPS) is 12.3. The van der Waals surface area contributed by atoms with Crippen LogP contribution < -0.4 is 16.8 Å². The molecule has 0 saturated carbocycles. The summed E-state index contributed by atoms with van der Waals surface area (Å²) in [7, 11) is 1.85. The van der Waals surface area contributed by atoms with E-state index in [-0.39, 0.29) is 11.9 Å². The summed E-state index contributed by atoms with van der Waals surface area (Å²) in [6.45, 7) is 3.09. The van der Waals surface area contributed by atoms with E-state index in [1.165, 1.54) is 5.56 Å². The standard InChI is InChI=1S/C21H27N5O/c1-14-5-7-15(8-6-14)16-9-10-19-18(12-16)25-20(26(19)2)21(27)24-13-17(23)4-3-11-22/h5-10,12,17H,3-4,11,13,22-23H2,1-2H3,(H,24,27)/t17-/m1/s1. The van der Waals surface area contributed by atoms with Crippen LogP contribution in [0, 0.1) is 6.92 Å². The van der Waals surface area contributed by atoms with E-state index >= 15 is 0 Å². The zero-order chi connectivity index (χ0) is 19.4. The molecule has 0 aliphatic rings. The summed E-state index contributed by atoms with van der Waals surface area (Å²) in [6, 6.07) is 14.3. The van der Waals surface area contributed by atoms with Gasteiger partial charge in [-0.05, 0) is 49.6 Å². The van der Waals surface area contributed by atoms with E-state index < -0.39 is 0 Å². The van der Waals surface area contributed by atoms with Crippen molar-refractivity contribution in [3.63, 3.8) is 0 Å². The molecule has 6 nitrogen and oxygen atoms in total. The van der Waals surface area contributed by atoms with Crippen LogP contribution in [0.25, 0.3) is 22.2 Å². The third-order valence-corrected chi connectivity index (χ3v) is 4.77. The first-order valence-electron chi connectivity index (χ1n) is 9.27. The molecule has 0 aliphatic heterocycles. The topological polar surface area (TPSA) is 99.0 Å². The Kier molecular flexibility index (Phi) is 5.88. The van der Waals surface area contributed by atoms with Gasteiger partial charge in [-0.3, -0.25) is 4.79 Å². The molecule has 0 spiro atoms. The van der Waals surface area contributed by atoms with Gasteiger partial charge in [0.25, 0.3) is 5.91 Å². The molecule has 1 amide bonds. The van der Waals surface area contributed by atoms with Crippen LogP contribution in [0.4, 0.5) is 0 Å². The van der Waals surface area contributed by atoms with Crippen molar-refractivity contribution in [2.75, 3.05) is 13.1 Å². The number of fused-ring (bicyclic) bond motifs is 1. The Bertz CT molecular complexity index is 930. The van der Waals surface area contributed by atoms with Crippen LogP contribution in [0.5, 0.6) is 0 Å². The molecule has 3 aromatic rings. The van der Waals surface area contributed by atoms with Crippen molar-refractivity contribution >= 4 is 16.9 Å². The molecule has 27 heavy (non-hydrogen) atoms. The van der Waals surface area contributed by atoms with E-state index in [1.54, 1.807) is 0 Å². The van der Waals surface area contributed by atoms with Crippen LogP contribution in [0.2, 0.25) is 0 Å². The second-order valence-corrected chi connectivity index (χ2v) is 6.96. The van der Waals surface area contributed by atoms with E-state index in [2.05, 4.69) is 47.6 Å². The summed E-state index contributed by atoms with van der Waals surface area (Å²) in [5.41, 5.74) is 16.6. The first-order chi connectivity index (χ1) is 13.0. The third kappa shape index (κ3) is 4.35. The molecule has 0 unspecified atom stereocenters. The van der Waals surface area contributed by atoms with Crippen LogP contribution in [-0.4, -0.2) is 34.6 Å². The van der Waals surface area contributed by atoms with Crippen molar-refractivity contribution in [3.8, 4) is 11.1 Å². The maximum absolute atomic E-state index is 12.5. The molecule has 3 rings (SSSR count). The second kappa shape index (κ2) is 8.33. The molecule has 5 N–H and O–H groups in total. The van der Waals surface area contributed by atoms with Gasteiger partial charge in [0.2, 0.25) is 0 Å². The number of amides is 1. The first-order valence-corrected chi connectivity index (χ1v) is 9.27. The molecule has 0 radical (unpaired) electrons. The van der Waals surface area contributed by atoms with E-state index in [9.17, 15) is 4.79 Å². The largest absolute Gasteiger partial charge is 0.348 e. The van der Waals surface area contributed by atoms with Gasteiger partial charge >= 0.3 is 0 Å². The van der Waals surface area contributed by atoms with Gasteiger partial charge in [0.1, 0.15) is 0 Å². The smallest absolute Gasteiger partial charge is 0.287 e. The minimum absolute atomic E-state index is 0.0969. The Labute approximate surface area is 159 Å². The Balaban J connectivity index is 1.79. The van der Waals surface area contributed by atoms with Gasteiger partial charge in [-0.15, -0.1) is 0 Å². The van der Waals surface area contributed by atoms with Crippen molar-refractivity contribution in [2.45, 2.75) is 25.8 Å². The number of hydrogen-bond donors (Lipinski definition) is 3. The zero-order valence-corrected chi connectivity index (χ0v) is 15.9. The molecule has 0 saturated heterocycles. The lowest BCUT2D eigenvalue weighted by atomic mass is 10.0. The van der Waals surface area contributed by atoms with Crippen molar-refractivity contribution in [3.05, 3.63) is 53.9 Å².